The van der Waals surface area contributed by atoms with Crippen molar-refractivity contribution in [1.82, 2.24) is 0 Å². The summed E-state index contributed by atoms with van der Waals surface area (Å²) < 4.78 is 0. The minimum absolute atomic E-state index is 0.284. The highest BCUT2D eigenvalue weighted by Gasteiger charge is 2.19. The quantitative estimate of drug-likeness (QED) is 0.645. The zero-order chi connectivity index (χ0) is 12.5. The third kappa shape index (κ3) is 4.91. The lowest BCUT2D eigenvalue weighted by molar-refractivity contribution is 0.0952. The average Bonchev–Trinajstić information content (AvgIpc) is 2.38. The Morgan fingerprint density at radius 2 is 1.65 bits per heavy atom. The van der Waals surface area contributed by atoms with Crippen LogP contribution in [0.25, 0.3) is 0 Å². The Morgan fingerprint density at radius 1 is 0.941 bits per heavy atom. The standard InChI is InChI=1S/C16H26O/c1-3-5-7-11-14(10-4-2)16(17)15-12-8-6-9-13-15/h6,8-9,12-14,16-17H,3-5,7,10-11H2,1-2H3. The number of aliphatic hydroxyl groups is 1. The Kier molecular flexibility index (Phi) is 6.95. The number of aliphatic hydroxyl groups excluding tert-OH is 1. The Labute approximate surface area is 106 Å². The van der Waals surface area contributed by atoms with Gasteiger partial charge in [-0.2, -0.15) is 0 Å². The molecule has 0 aliphatic carbocycles. The predicted octanol–water partition coefficient (Wildman–Crippen LogP) is 4.72. The highest BCUT2D eigenvalue weighted by molar-refractivity contribution is 5.17. The summed E-state index contributed by atoms with van der Waals surface area (Å²) in [6.45, 7) is 4.42. The Bertz CT molecular complexity index is 281. The van der Waals surface area contributed by atoms with Gasteiger partial charge in [-0.05, 0) is 24.3 Å². The van der Waals surface area contributed by atoms with E-state index in [9.17, 15) is 5.11 Å². The summed E-state index contributed by atoms with van der Waals surface area (Å²) in [5.74, 6) is 0.425. The highest BCUT2D eigenvalue weighted by atomic mass is 16.3. The maximum Gasteiger partial charge on any atom is 0.0818 e. The number of rotatable bonds is 8. The van der Waals surface area contributed by atoms with Gasteiger partial charge in [-0.3, -0.25) is 0 Å². The molecule has 0 saturated carbocycles. The van der Waals surface area contributed by atoms with E-state index in [1.54, 1.807) is 0 Å². The topological polar surface area (TPSA) is 20.2 Å². The van der Waals surface area contributed by atoms with Crippen molar-refractivity contribution in [3.05, 3.63) is 35.9 Å². The molecule has 0 bridgehead atoms. The number of hydrogen-bond donors (Lipinski definition) is 1. The molecule has 2 unspecified atom stereocenters. The van der Waals surface area contributed by atoms with E-state index in [0.29, 0.717) is 5.92 Å². The molecule has 0 heterocycles. The van der Waals surface area contributed by atoms with E-state index in [0.717, 1.165) is 24.8 Å². The molecule has 1 rings (SSSR count). The molecule has 0 spiro atoms. The van der Waals surface area contributed by atoms with Gasteiger partial charge in [0.25, 0.3) is 0 Å². The number of hydrogen-bond acceptors (Lipinski definition) is 1. The molecule has 1 N–H and O–H groups in total. The van der Waals surface area contributed by atoms with Gasteiger partial charge in [0.2, 0.25) is 0 Å². The normalized spacial score (nSPS) is 14.5. The van der Waals surface area contributed by atoms with Crippen LogP contribution in [0.3, 0.4) is 0 Å². The summed E-state index contributed by atoms with van der Waals surface area (Å²) in [5.41, 5.74) is 1.07. The second kappa shape index (κ2) is 8.30. The van der Waals surface area contributed by atoms with Crippen molar-refractivity contribution >= 4 is 0 Å². The zero-order valence-electron chi connectivity index (χ0n) is 11.2. The van der Waals surface area contributed by atoms with Gasteiger partial charge in [0.15, 0.2) is 0 Å². The van der Waals surface area contributed by atoms with E-state index in [2.05, 4.69) is 13.8 Å². The van der Waals surface area contributed by atoms with Gasteiger partial charge in [0.1, 0.15) is 0 Å². The van der Waals surface area contributed by atoms with Crippen LogP contribution >= 0.6 is 0 Å². The number of unbranched alkanes of at least 4 members (excludes halogenated alkanes) is 2. The molecule has 0 aliphatic heterocycles. The van der Waals surface area contributed by atoms with Gasteiger partial charge in [-0.25, -0.2) is 0 Å². The minimum Gasteiger partial charge on any atom is -0.388 e. The van der Waals surface area contributed by atoms with E-state index >= 15 is 0 Å². The predicted molar refractivity (Wildman–Crippen MR) is 73.9 cm³/mol. The molecule has 0 saturated heterocycles. The largest absolute Gasteiger partial charge is 0.388 e. The summed E-state index contributed by atoms with van der Waals surface area (Å²) >= 11 is 0. The van der Waals surface area contributed by atoms with E-state index in [1.165, 1.54) is 19.3 Å². The second-order valence-corrected chi connectivity index (χ2v) is 4.90. The fraction of sp³-hybridized carbons (Fsp3) is 0.625. The van der Waals surface area contributed by atoms with E-state index in [4.69, 9.17) is 0 Å². The van der Waals surface area contributed by atoms with Crippen LogP contribution in [0.15, 0.2) is 30.3 Å². The van der Waals surface area contributed by atoms with Crippen LogP contribution in [0.4, 0.5) is 0 Å². The third-order valence-corrected chi connectivity index (χ3v) is 3.43. The van der Waals surface area contributed by atoms with Gasteiger partial charge >= 0.3 is 0 Å². The van der Waals surface area contributed by atoms with Crippen molar-refractivity contribution in [3.8, 4) is 0 Å². The SMILES string of the molecule is CCCCCC(CCC)C(O)c1ccccc1. The molecule has 2 atom stereocenters. The molecule has 1 heteroatoms. The van der Waals surface area contributed by atoms with Gasteiger partial charge < -0.3 is 5.11 Å². The second-order valence-electron chi connectivity index (χ2n) is 4.90. The van der Waals surface area contributed by atoms with Gasteiger partial charge in [0.05, 0.1) is 6.10 Å². The van der Waals surface area contributed by atoms with Crippen molar-refractivity contribution in [2.45, 2.75) is 58.5 Å². The van der Waals surface area contributed by atoms with E-state index in [-0.39, 0.29) is 6.10 Å². The molecule has 1 aromatic rings. The summed E-state index contributed by atoms with van der Waals surface area (Å²) in [4.78, 5) is 0. The van der Waals surface area contributed by atoms with Crippen LogP contribution in [-0.4, -0.2) is 5.11 Å². The Balaban J connectivity index is 2.56. The molecule has 0 aromatic heterocycles. The molecule has 17 heavy (non-hydrogen) atoms. The first-order valence-electron chi connectivity index (χ1n) is 7.02. The molecular weight excluding hydrogens is 208 g/mol. The van der Waals surface area contributed by atoms with Crippen molar-refractivity contribution in [1.29, 1.82) is 0 Å². The molecule has 1 aromatic carbocycles. The van der Waals surface area contributed by atoms with Crippen LogP contribution in [0.5, 0.6) is 0 Å². The van der Waals surface area contributed by atoms with Gasteiger partial charge in [-0.1, -0.05) is 69.9 Å². The summed E-state index contributed by atoms with van der Waals surface area (Å²) in [6.07, 6.45) is 6.92. The lowest BCUT2D eigenvalue weighted by Gasteiger charge is -2.23. The molecule has 0 radical (unpaired) electrons. The molecule has 96 valence electrons. The van der Waals surface area contributed by atoms with Crippen LogP contribution in [0.2, 0.25) is 0 Å². The molecule has 0 fully saturated rings. The fourth-order valence-corrected chi connectivity index (χ4v) is 2.41. The Hall–Kier alpha value is -0.820. The first-order valence-corrected chi connectivity index (χ1v) is 7.02. The third-order valence-electron chi connectivity index (χ3n) is 3.43. The van der Waals surface area contributed by atoms with Crippen LogP contribution < -0.4 is 0 Å². The lowest BCUT2D eigenvalue weighted by atomic mass is 9.87. The van der Waals surface area contributed by atoms with Crippen molar-refractivity contribution in [3.63, 3.8) is 0 Å². The molecule has 1 nitrogen and oxygen atoms in total. The minimum atomic E-state index is -0.284. The van der Waals surface area contributed by atoms with Gasteiger partial charge in [-0.15, -0.1) is 0 Å². The maximum absolute atomic E-state index is 10.4. The lowest BCUT2D eigenvalue weighted by Crippen LogP contribution is -2.12. The smallest absolute Gasteiger partial charge is 0.0818 e. The Morgan fingerprint density at radius 3 is 2.24 bits per heavy atom. The summed E-state index contributed by atoms with van der Waals surface area (Å²) in [6, 6.07) is 10.1. The van der Waals surface area contributed by atoms with E-state index in [1.807, 2.05) is 30.3 Å². The average molecular weight is 234 g/mol. The first kappa shape index (κ1) is 14.2. The van der Waals surface area contributed by atoms with Crippen molar-refractivity contribution < 1.29 is 5.11 Å². The monoisotopic (exact) mass is 234 g/mol. The van der Waals surface area contributed by atoms with E-state index < -0.39 is 0 Å². The maximum atomic E-state index is 10.4. The molecule has 0 amide bonds. The first-order chi connectivity index (χ1) is 8.29. The zero-order valence-corrected chi connectivity index (χ0v) is 11.2. The van der Waals surface area contributed by atoms with Crippen LogP contribution in [0, 0.1) is 5.92 Å². The van der Waals surface area contributed by atoms with Crippen molar-refractivity contribution in [2.75, 3.05) is 0 Å². The highest BCUT2D eigenvalue weighted by Crippen LogP contribution is 2.29. The van der Waals surface area contributed by atoms with Gasteiger partial charge in [0, 0.05) is 0 Å². The van der Waals surface area contributed by atoms with Crippen LogP contribution in [-0.2, 0) is 0 Å². The summed E-state index contributed by atoms with van der Waals surface area (Å²) in [5, 5.41) is 10.4. The summed E-state index contributed by atoms with van der Waals surface area (Å²) in [7, 11) is 0. The fourth-order valence-electron chi connectivity index (χ4n) is 2.41. The molecule has 0 aliphatic rings. The molecular formula is C16H26O. The van der Waals surface area contributed by atoms with Crippen molar-refractivity contribution in [2.24, 2.45) is 5.92 Å². The number of benzene rings is 1. The van der Waals surface area contributed by atoms with Crippen LogP contribution in [0.1, 0.15) is 64.0 Å².